The fourth-order valence-electron chi connectivity index (χ4n) is 9.80. The van der Waals surface area contributed by atoms with Crippen molar-refractivity contribution in [2.24, 2.45) is 29.6 Å². The molecule has 68 heavy (non-hydrogen) atoms. The SMILES string of the molecule is CC[C@H](C)[C@@H]([C@@H](CC(=O)N1CCC[C@H]1[C@@H](OC)[C@@H](C)C(=O)N[C@@H](Cc1ccccc1)C(=O)O)OC)N(C)C(=O)[C@H](CC(=O)[C@H](C(C)C)N(C)C(=O)[C@H](CCCC(=O)O)N1C(=O)C=CC1=O)C(C)C. The number of nitrogens with zero attached hydrogens (tertiary/aromatic N) is 4. The zero-order valence-corrected chi connectivity index (χ0v) is 41.7. The number of hydrogen-bond acceptors (Lipinski definition) is 11. The lowest BCUT2D eigenvalue weighted by molar-refractivity contribution is -0.153. The van der Waals surface area contributed by atoms with E-state index < -0.39 is 102 Å². The number of ketones is 1. The molecule has 18 heteroatoms. The topological polar surface area (TPSA) is 238 Å². The lowest BCUT2D eigenvalue weighted by Crippen LogP contribution is -2.56. The van der Waals surface area contributed by atoms with Gasteiger partial charge in [-0.15, -0.1) is 0 Å². The number of carbonyl (C=O) groups excluding carboxylic acids is 7. The Hall–Kier alpha value is -5.49. The van der Waals surface area contributed by atoms with Gasteiger partial charge in [-0.2, -0.15) is 0 Å². The van der Waals surface area contributed by atoms with Crippen molar-refractivity contribution >= 4 is 53.2 Å². The monoisotopic (exact) mass is 954 g/mol. The van der Waals surface area contributed by atoms with Crippen LogP contribution in [0.25, 0.3) is 0 Å². The van der Waals surface area contributed by atoms with Gasteiger partial charge in [0.25, 0.3) is 11.8 Å². The van der Waals surface area contributed by atoms with Crippen molar-refractivity contribution in [1.82, 2.24) is 24.9 Å². The number of methoxy groups -OCH3 is 2. The van der Waals surface area contributed by atoms with E-state index in [0.29, 0.717) is 25.8 Å². The van der Waals surface area contributed by atoms with E-state index in [9.17, 15) is 53.4 Å². The molecular weight excluding hydrogens is 879 g/mol. The molecule has 1 aromatic rings. The summed E-state index contributed by atoms with van der Waals surface area (Å²) in [7, 11) is 5.97. The molecule has 1 saturated heterocycles. The molecule has 2 aliphatic heterocycles. The maximum atomic E-state index is 14.7. The third kappa shape index (κ3) is 14.5. The van der Waals surface area contributed by atoms with Crippen LogP contribution in [0.2, 0.25) is 0 Å². The molecule has 378 valence electrons. The van der Waals surface area contributed by atoms with Crippen molar-refractivity contribution in [3.8, 4) is 0 Å². The lowest BCUT2D eigenvalue weighted by Gasteiger charge is -2.41. The van der Waals surface area contributed by atoms with Crippen LogP contribution in [0.15, 0.2) is 42.5 Å². The molecule has 0 aliphatic carbocycles. The molecule has 0 spiro atoms. The summed E-state index contributed by atoms with van der Waals surface area (Å²) in [6.45, 7) is 13.1. The van der Waals surface area contributed by atoms with E-state index in [1.54, 1.807) is 61.9 Å². The number of aliphatic carboxylic acids is 2. The van der Waals surface area contributed by atoms with E-state index in [0.717, 1.165) is 22.6 Å². The van der Waals surface area contributed by atoms with Gasteiger partial charge in [-0.05, 0) is 49.0 Å². The molecule has 0 bridgehead atoms. The largest absolute Gasteiger partial charge is 0.481 e. The van der Waals surface area contributed by atoms with Crippen LogP contribution in [-0.4, -0.2) is 160 Å². The summed E-state index contributed by atoms with van der Waals surface area (Å²) < 4.78 is 11.9. The summed E-state index contributed by atoms with van der Waals surface area (Å²) in [5, 5.41) is 21.9. The van der Waals surface area contributed by atoms with E-state index in [1.807, 2.05) is 33.8 Å². The lowest BCUT2D eigenvalue weighted by atomic mass is 9.83. The Balaban J connectivity index is 1.83. The van der Waals surface area contributed by atoms with Gasteiger partial charge in [0.05, 0.1) is 42.7 Å². The zero-order valence-electron chi connectivity index (χ0n) is 41.7. The Morgan fingerprint density at radius 2 is 1.46 bits per heavy atom. The normalized spacial score (nSPS) is 18.9. The van der Waals surface area contributed by atoms with E-state index >= 15 is 0 Å². The van der Waals surface area contributed by atoms with Gasteiger partial charge in [0.15, 0.2) is 5.78 Å². The average molecular weight is 954 g/mol. The van der Waals surface area contributed by atoms with Crippen LogP contribution in [0.1, 0.15) is 105 Å². The summed E-state index contributed by atoms with van der Waals surface area (Å²) in [6, 6.07) is 4.25. The van der Waals surface area contributed by atoms with Gasteiger partial charge >= 0.3 is 11.9 Å². The molecule has 0 saturated carbocycles. The molecule has 0 radical (unpaired) electrons. The standard InChI is InChI=1S/C50H75N5O13/c1-12-31(6)45(39(67-10)28-42(59)54-25-17-21-36(54)46(68-11)32(7)47(62)51-35(50(65)66)26-33-18-14-13-15-19-33)53(9)48(63)34(29(2)3)27-38(56)44(30(4)5)52(8)49(64)37(20-16-22-43(60)61)55-40(57)23-24-41(55)58/h13-15,18-19,23-24,29-32,34-37,39,44-46H,12,16-17,20-22,25-28H2,1-11H3,(H,51,62)(H,60,61)(H,65,66)/t31-,32+,34+,35-,36-,37-,39+,44-,45-,46-/m0/s1. The number of rotatable bonds is 28. The minimum Gasteiger partial charge on any atom is -0.481 e. The molecule has 6 amide bonds. The fraction of sp³-hybridized carbons (Fsp3) is 0.660. The Morgan fingerprint density at radius 3 is 1.97 bits per heavy atom. The summed E-state index contributed by atoms with van der Waals surface area (Å²) in [4.78, 5) is 125. The number of imide groups is 1. The quantitative estimate of drug-likeness (QED) is 0.101. The first-order valence-electron chi connectivity index (χ1n) is 23.8. The highest BCUT2D eigenvalue weighted by Crippen LogP contribution is 2.32. The smallest absolute Gasteiger partial charge is 0.326 e. The summed E-state index contributed by atoms with van der Waals surface area (Å²) in [5.74, 6) is -8.66. The number of ether oxygens (including phenoxy) is 2. The number of carbonyl (C=O) groups is 9. The van der Waals surface area contributed by atoms with E-state index in [2.05, 4.69) is 5.32 Å². The van der Waals surface area contributed by atoms with Gasteiger partial charge in [0, 0.05) is 72.2 Å². The Morgan fingerprint density at radius 1 is 0.838 bits per heavy atom. The molecule has 1 fully saturated rings. The molecule has 0 aromatic heterocycles. The number of likely N-dealkylation sites (tertiary alicyclic amines) is 1. The molecule has 3 rings (SSSR count). The Bertz CT molecular complexity index is 1960. The van der Waals surface area contributed by atoms with Crippen LogP contribution in [0.4, 0.5) is 0 Å². The number of carboxylic acids is 2. The van der Waals surface area contributed by atoms with Crippen molar-refractivity contribution in [1.29, 1.82) is 0 Å². The van der Waals surface area contributed by atoms with Gasteiger partial charge in [-0.25, -0.2) is 4.79 Å². The zero-order chi connectivity index (χ0) is 51.2. The molecule has 2 aliphatic rings. The maximum Gasteiger partial charge on any atom is 0.326 e. The molecule has 3 N–H and O–H groups in total. The minimum atomic E-state index is -1.34. The highest BCUT2D eigenvalue weighted by atomic mass is 16.5. The number of benzene rings is 1. The highest BCUT2D eigenvalue weighted by molar-refractivity contribution is 6.15. The van der Waals surface area contributed by atoms with Gasteiger partial charge in [-0.1, -0.05) is 85.2 Å². The summed E-state index contributed by atoms with van der Waals surface area (Å²) in [5.41, 5.74) is 0.748. The number of carboxylic acid groups (broad SMARTS) is 2. The number of nitrogens with one attached hydrogen (secondary N) is 1. The predicted molar refractivity (Wildman–Crippen MR) is 251 cm³/mol. The Labute approximate surface area is 401 Å². The second-order valence-electron chi connectivity index (χ2n) is 19.0. The van der Waals surface area contributed by atoms with Crippen molar-refractivity contribution < 1.29 is 62.8 Å². The highest BCUT2D eigenvalue weighted by Gasteiger charge is 2.45. The minimum absolute atomic E-state index is 0.00470. The van der Waals surface area contributed by atoms with Crippen LogP contribution < -0.4 is 5.32 Å². The second-order valence-corrected chi connectivity index (χ2v) is 19.0. The van der Waals surface area contributed by atoms with Crippen LogP contribution in [0.3, 0.4) is 0 Å². The Kier molecular flexibility index (Phi) is 22.0. The molecule has 18 nitrogen and oxygen atoms in total. The van der Waals surface area contributed by atoms with E-state index in [4.69, 9.17) is 9.47 Å². The first-order chi connectivity index (χ1) is 32.0. The van der Waals surface area contributed by atoms with Gasteiger partial charge in [0.1, 0.15) is 12.1 Å². The fourth-order valence-corrected chi connectivity index (χ4v) is 9.80. The van der Waals surface area contributed by atoms with Crippen LogP contribution in [-0.2, 0) is 59.0 Å². The molecule has 1 aromatic carbocycles. The average Bonchev–Trinajstić information content (AvgIpc) is 3.91. The van der Waals surface area contributed by atoms with Crippen molar-refractivity contribution in [3.05, 3.63) is 48.0 Å². The third-order valence-corrected chi connectivity index (χ3v) is 13.7. The first-order valence-corrected chi connectivity index (χ1v) is 23.8. The van der Waals surface area contributed by atoms with Gasteiger partial charge in [-0.3, -0.25) is 43.3 Å². The van der Waals surface area contributed by atoms with Crippen LogP contribution in [0, 0.1) is 29.6 Å². The first kappa shape index (κ1) is 56.8. The van der Waals surface area contributed by atoms with Crippen LogP contribution in [0.5, 0.6) is 0 Å². The van der Waals surface area contributed by atoms with Crippen LogP contribution >= 0.6 is 0 Å². The van der Waals surface area contributed by atoms with E-state index in [1.165, 1.54) is 26.2 Å². The van der Waals surface area contributed by atoms with E-state index in [-0.39, 0.29) is 62.2 Å². The van der Waals surface area contributed by atoms with Gasteiger partial charge in [0.2, 0.25) is 23.6 Å². The number of Topliss-reactive ketones (excluding diaryl/α,β-unsaturated/α-hetero) is 1. The van der Waals surface area contributed by atoms with Gasteiger partial charge < -0.3 is 39.7 Å². The molecule has 2 heterocycles. The number of likely N-dealkylation sites (N-methyl/N-ethyl adjacent to an activating group) is 2. The van der Waals surface area contributed by atoms with Crippen molar-refractivity contribution in [3.63, 3.8) is 0 Å². The molecular formula is C50H75N5O13. The predicted octanol–water partition coefficient (Wildman–Crippen LogP) is 3.98. The molecule has 0 unspecified atom stereocenters. The summed E-state index contributed by atoms with van der Waals surface area (Å²) >= 11 is 0. The second kappa shape index (κ2) is 26.3. The van der Waals surface area contributed by atoms with Crippen molar-refractivity contribution in [2.75, 3.05) is 34.9 Å². The third-order valence-electron chi connectivity index (χ3n) is 13.7. The summed E-state index contributed by atoms with van der Waals surface area (Å²) in [6.07, 6.45) is 1.60. The number of amides is 6. The molecule has 10 atom stereocenters. The number of hydrogen-bond donors (Lipinski definition) is 3. The van der Waals surface area contributed by atoms with Crippen molar-refractivity contribution in [2.45, 2.75) is 149 Å². The maximum absolute atomic E-state index is 14.7.